The molecule has 1 amide bonds. The molecule has 1 atom stereocenters. The van der Waals surface area contributed by atoms with E-state index in [1.54, 1.807) is 31.6 Å². The van der Waals surface area contributed by atoms with Gasteiger partial charge in [-0.05, 0) is 85.1 Å². The van der Waals surface area contributed by atoms with Crippen LogP contribution >= 0.6 is 0 Å². The number of likely N-dealkylation sites (N-methyl/N-ethyl adjacent to an activating group) is 1. The molecule has 1 N–H and O–H groups in total. The molecule has 0 spiro atoms. The number of pyridine rings is 1. The summed E-state index contributed by atoms with van der Waals surface area (Å²) >= 11 is 0. The highest BCUT2D eigenvalue weighted by molar-refractivity contribution is 6.51. The van der Waals surface area contributed by atoms with E-state index in [1.165, 1.54) is 4.90 Å². The molecule has 2 aliphatic heterocycles. The minimum absolute atomic E-state index is 0.0577. The fourth-order valence-electron chi connectivity index (χ4n) is 5.58. The summed E-state index contributed by atoms with van der Waals surface area (Å²) in [7, 11) is 3.73. The fourth-order valence-corrected chi connectivity index (χ4v) is 5.58. The van der Waals surface area contributed by atoms with Crippen molar-refractivity contribution in [3.63, 3.8) is 0 Å². The van der Waals surface area contributed by atoms with E-state index < -0.39 is 17.7 Å². The van der Waals surface area contributed by atoms with E-state index in [2.05, 4.69) is 21.8 Å². The quantitative estimate of drug-likeness (QED) is 0.270. The summed E-state index contributed by atoms with van der Waals surface area (Å²) in [6, 6.07) is 14.2. The number of piperazine rings is 1. The summed E-state index contributed by atoms with van der Waals surface area (Å²) in [5.41, 5.74) is 4.57. The SMILES string of the molecule is COc1cc(C)c(/C(O)=C2\C(=O)C(=O)N(c3ccc(N4CCN(C)CC4)cc3)C2c2ccncc2)cc1C(C)C. The van der Waals surface area contributed by atoms with Crippen LogP contribution < -0.4 is 14.5 Å². The molecule has 5 rings (SSSR count). The Kier molecular flexibility index (Phi) is 7.63. The van der Waals surface area contributed by atoms with Gasteiger partial charge in [-0.1, -0.05) is 13.8 Å². The topological polar surface area (TPSA) is 86.2 Å². The highest BCUT2D eigenvalue weighted by atomic mass is 16.5. The number of anilines is 2. The zero-order valence-corrected chi connectivity index (χ0v) is 23.7. The lowest BCUT2D eigenvalue weighted by molar-refractivity contribution is -0.132. The second-order valence-corrected chi connectivity index (χ2v) is 10.8. The molecule has 1 unspecified atom stereocenters. The van der Waals surface area contributed by atoms with Crippen LogP contribution in [0.5, 0.6) is 5.75 Å². The summed E-state index contributed by atoms with van der Waals surface area (Å²) in [5.74, 6) is -0.747. The molecular formula is C32H36N4O4. The minimum Gasteiger partial charge on any atom is -0.507 e. The Labute approximate surface area is 235 Å². The highest BCUT2D eigenvalue weighted by Crippen LogP contribution is 2.43. The van der Waals surface area contributed by atoms with Gasteiger partial charge in [-0.15, -0.1) is 0 Å². The third kappa shape index (κ3) is 4.95. The lowest BCUT2D eigenvalue weighted by Gasteiger charge is -2.34. The number of benzene rings is 2. The molecule has 40 heavy (non-hydrogen) atoms. The van der Waals surface area contributed by atoms with Crippen LogP contribution in [0.15, 0.2) is 66.5 Å². The van der Waals surface area contributed by atoms with Crippen molar-refractivity contribution in [1.82, 2.24) is 9.88 Å². The number of rotatable bonds is 6. The number of carbonyl (C=O) groups excluding carboxylic acids is 2. The minimum atomic E-state index is -0.804. The number of carbonyl (C=O) groups is 2. The van der Waals surface area contributed by atoms with Gasteiger partial charge in [0.1, 0.15) is 11.5 Å². The molecule has 8 nitrogen and oxygen atoms in total. The molecule has 2 fully saturated rings. The number of aliphatic hydroxyl groups is 1. The second-order valence-electron chi connectivity index (χ2n) is 10.8. The summed E-state index contributed by atoms with van der Waals surface area (Å²) in [6.07, 6.45) is 3.25. The number of hydrogen-bond acceptors (Lipinski definition) is 7. The molecule has 8 heteroatoms. The third-order valence-electron chi connectivity index (χ3n) is 7.92. The average molecular weight is 541 g/mol. The van der Waals surface area contributed by atoms with Gasteiger partial charge in [0.25, 0.3) is 11.7 Å². The van der Waals surface area contributed by atoms with E-state index in [9.17, 15) is 14.7 Å². The van der Waals surface area contributed by atoms with Gasteiger partial charge in [-0.3, -0.25) is 19.5 Å². The molecule has 3 aromatic rings. The largest absolute Gasteiger partial charge is 0.507 e. The Balaban J connectivity index is 1.61. The van der Waals surface area contributed by atoms with Gasteiger partial charge in [0.05, 0.1) is 18.7 Å². The van der Waals surface area contributed by atoms with Crippen LogP contribution in [0.3, 0.4) is 0 Å². The normalized spacial score (nSPS) is 19.5. The van der Waals surface area contributed by atoms with Gasteiger partial charge in [-0.2, -0.15) is 0 Å². The molecule has 2 aromatic carbocycles. The average Bonchev–Trinajstić information content (AvgIpc) is 3.23. The standard InChI is InChI=1S/C32H36N4O4/c1-20(2)25-19-26(21(3)18-27(25)40-5)30(37)28-29(22-10-12-33-13-11-22)36(32(39)31(28)38)24-8-6-23(7-9-24)35-16-14-34(4)15-17-35/h6-13,18-20,29,37H,14-17H2,1-5H3/b30-28+. The zero-order valence-electron chi connectivity index (χ0n) is 23.7. The van der Waals surface area contributed by atoms with E-state index in [4.69, 9.17) is 4.74 Å². The maximum Gasteiger partial charge on any atom is 0.300 e. The third-order valence-corrected chi connectivity index (χ3v) is 7.92. The summed E-state index contributed by atoms with van der Waals surface area (Å²) < 4.78 is 5.57. The molecule has 0 aliphatic carbocycles. The van der Waals surface area contributed by atoms with E-state index in [1.807, 2.05) is 57.2 Å². The Morgan fingerprint density at radius 2 is 1.60 bits per heavy atom. The number of methoxy groups -OCH3 is 1. The van der Waals surface area contributed by atoms with Crippen molar-refractivity contribution in [1.29, 1.82) is 0 Å². The van der Waals surface area contributed by atoms with Crippen LogP contribution in [0.2, 0.25) is 0 Å². The summed E-state index contributed by atoms with van der Waals surface area (Å²) in [4.78, 5) is 37.4. The number of amides is 1. The van der Waals surface area contributed by atoms with Gasteiger partial charge in [0.15, 0.2) is 0 Å². The fraction of sp³-hybridized carbons (Fsp3) is 0.344. The first-order valence-corrected chi connectivity index (χ1v) is 13.6. The van der Waals surface area contributed by atoms with E-state index in [-0.39, 0.29) is 17.3 Å². The number of aryl methyl sites for hydroxylation is 1. The predicted molar refractivity (Wildman–Crippen MR) is 157 cm³/mol. The number of aromatic nitrogens is 1. The molecule has 0 bridgehead atoms. The van der Waals surface area contributed by atoms with Crippen LogP contribution in [0, 0.1) is 6.92 Å². The van der Waals surface area contributed by atoms with Gasteiger partial charge >= 0.3 is 0 Å². The molecule has 0 radical (unpaired) electrons. The van der Waals surface area contributed by atoms with E-state index >= 15 is 0 Å². The first-order chi connectivity index (χ1) is 19.2. The molecule has 208 valence electrons. The first-order valence-electron chi connectivity index (χ1n) is 13.6. The van der Waals surface area contributed by atoms with Gasteiger partial charge in [-0.25, -0.2) is 0 Å². The van der Waals surface area contributed by atoms with Gasteiger partial charge in [0.2, 0.25) is 0 Å². The van der Waals surface area contributed by atoms with Crippen LogP contribution in [-0.2, 0) is 9.59 Å². The lowest BCUT2D eigenvalue weighted by Crippen LogP contribution is -2.44. The van der Waals surface area contributed by atoms with Crippen LogP contribution in [-0.4, -0.2) is 67.0 Å². The molecule has 2 saturated heterocycles. The summed E-state index contributed by atoms with van der Waals surface area (Å²) in [6.45, 7) is 9.77. The maximum absolute atomic E-state index is 13.6. The number of aliphatic hydroxyl groups excluding tert-OH is 1. The van der Waals surface area contributed by atoms with E-state index in [0.29, 0.717) is 16.8 Å². The Morgan fingerprint density at radius 3 is 2.20 bits per heavy atom. The molecule has 0 saturated carbocycles. The van der Waals surface area contributed by atoms with Crippen molar-refractivity contribution in [3.05, 3.63) is 88.8 Å². The van der Waals surface area contributed by atoms with Crippen molar-refractivity contribution in [2.45, 2.75) is 32.7 Å². The Morgan fingerprint density at radius 1 is 0.975 bits per heavy atom. The molecular weight excluding hydrogens is 504 g/mol. The van der Waals surface area contributed by atoms with Crippen molar-refractivity contribution < 1.29 is 19.4 Å². The number of Topliss-reactive ketones (excluding diaryl/α,β-unsaturated/α-hetero) is 1. The van der Waals surface area contributed by atoms with Crippen LogP contribution in [0.4, 0.5) is 11.4 Å². The van der Waals surface area contributed by atoms with Crippen molar-refractivity contribution in [2.75, 3.05) is 50.1 Å². The molecule has 2 aliphatic rings. The lowest BCUT2D eigenvalue weighted by atomic mass is 9.91. The molecule has 1 aromatic heterocycles. The second kappa shape index (κ2) is 11.1. The van der Waals surface area contributed by atoms with Gasteiger partial charge in [0, 0.05) is 55.5 Å². The Bertz CT molecular complexity index is 1440. The monoisotopic (exact) mass is 540 g/mol. The number of ether oxygens (including phenoxy) is 1. The van der Waals surface area contributed by atoms with Gasteiger partial charge < -0.3 is 19.6 Å². The van der Waals surface area contributed by atoms with Crippen molar-refractivity contribution >= 4 is 28.8 Å². The zero-order chi connectivity index (χ0) is 28.6. The number of nitrogens with zero attached hydrogens (tertiary/aromatic N) is 4. The highest BCUT2D eigenvalue weighted by Gasteiger charge is 2.47. The number of ketones is 1. The molecule has 3 heterocycles. The first kappa shape index (κ1) is 27.4. The summed E-state index contributed by atoms with van der Waals surface area (Å²) in [5, 5.41) is 11.7. The Hall–Kier alpha value is -4.17. The predicted octanol–water partition coefficient (Wildman–Crippen LogP) is 4.90. The van der Waals surface area contributed by atoms with Crippen LogP contribution in [0.25, 0.3) is 5.76 Å². The van der Waals surface area contributed by atoms with E-state index in [0.717, 1.165) is 48.7 Å². The van der Waals surface area contributed by atoms with Crippen molar-refractivity contribution in [2.24, 2.45) is 0 Å². The van der Waals surface area contributed by atoms with Crippen LogP contribution in [0.1, 0.15) is 48.1 Å². The van der Waals surface area contributed by atoms with Crippen molar-refractivity contribution in [3.8, 4) is 5.75 Å². The maximum atomic E-state index is 13.6. The smallest absolute Gasteiger partial charge is 0.300 e. The number of hydrogen-bond donors (Lipinski definition) is 1.